The molecule has 0 amide bonds. The molecule has 0 bridgehead atoms. The fourth-order valence-electron chi connectivity index (χ4n) is 3.05. The average Bonchev–Trinajstić information content (AvgIpc) is 2.75. The van der Waals surface area contributed by atoms with Crippen LogP contribution in [0.4, 0.5) is 5.69 Å². The molecule has 0 atom stereocenters. The molecule has 118 valence electrons. The number of carbonyl (C=O) groups is 1. The number of rotatable bonds is 3. The normalized spacial score (nSPS) is 15.7. The third kappa shape index (κ3) is 2.67. The van der Waals surface area contributed by atoms with Crippen LogP contribution in [0.3, 0.4) is 0 Å². The first-order valence-electron chi connectivity index (χ1n) is 7.91. The summed E-state index contributed by atoms with van der Waals surface area (Å²) in [5.41, 5.74) is 4.44. The van der Waals surface area contributed by atoms with Crippen molar-refractivity contribution in [2.45, 2.75) is 33.1 Å². The summed E-state index contributed by atoms with van der Waals surface area (Å²) in [6, 6.07) is 10.4. The summed E-state index contributed by atoms with van der Waals surface area (Å²) in [5.74, 6) is -0.313. The number of hydrogen-bond acceptors (Lipinski definition) is 3. The molecule has 3 nitrogen and oxygen atoms in total. The maximum absolute atomic E-state index is 11.4. The van der Waals surface area contributed by atoms with Gasteiger partial charge in [-0.25, -0.2) is 4.79 Å². The molecule has 3 heteroatoms. The van der Waals surface area contributed by atoms with Crippen LogP contribution in [0.5, 0.6) is 0 Å². The van der Waals surface area contributed by atoms with E-state index in [0.29, 0.717) is 6.61 Å². The fraction of sp³-hybridized carbons (Fsp3) is 0.300. The molecule has 23 heavy (non-hydrogen) atoms. The lowest BCUT2D eigenvalue weighted by Gasteiger charge is -2.22. The van der Waals surface area contributed by atoms with E-state index >= 15 is 0 Å². The number of benzene rings is 2. The second kappa shape index (κ2) is 5.65. The first kappa shape index (κ1) is 15.5. The lowest BCUT2D eigenvalue weighted by Crippen LogP contribution is -2.22. The van der Waals surface area contributed by atoms with Crippen LogP contribution >= 0.6 is 0 Å². The zero-order chi connectivity index (χ0) is 16.6. The highest BCUT2D eigenvalue weighted by Crippen LogP contribution is 2.44. The number of esters is 1. The number of fused-ring (bicyclic) bond motifs is 3. The van der Waals surface area contributed by atoms with Crippen LogP contribution in [0.1, 0.15) is 38.8 Å². The van der Waals surface area contributed by atoms with Crippen molar-refractivity contribution in [1.29, 1.82) is 0 Å². The van der Waals surface area contributed by atoms with E-state index in [0.717, 1.165) is 22.3 Å². The van der Waals surface area contributed by atoms with Crippen molar-refractivity contribution in [2.24, 2.45) is 4.99 Å². The summed E-state index contributed by atoms with van der Waals surface area (Å²) in [7, 11) is 0. The van der Waals surface area contributed by atoms with E-state index in [4.69, 9.17) is 9.73 Å². The van der Waals surface area contributed by atoms with Gasteiger partial charge in [0, 0.05) is 17.2 Å². The Hall–Kier alpha value is -2.42. The highest BCUT2D eigenvalue weighted by Gasteiger charge is 2.33. The van der Waals surface area contributed by atoms with Crippen LogP contribution < -0.4 is 0 Å². The molecule has 0 unspecified atom stereocenters. The Balaban J connectivity index is 2.02. The van der Waals surface area contributed by atoms with Crippen molar-refractivity contribution in [1.82, 2.24) is 0 Å². The fourth-order valence-corrected chi connectivity index (χ4v) is 3.05. The Morgan fingerprint density at radius 2 is 2.04 bits per heavy atom. The highest BCUT2D eigenvalue weighted by molar-refractivity contribution is 6.06. The van der Waals surface area contributed by atoms with Gasteiger partial charge in [0.15, 0.2) is 0 Å². The molecule has 0 saturated carbocycles. The quantitative estimate of drug-likeness (QED) is 0.603. The molecule has 1 aliphatic heterocycles. The van der Waals surface area contributed by atoms with Crippen LogP contribution in [-0.4, -0.2) is 18.3 Å². The van der Waals surface area contributed by atoms with Gasteiger partial charge in [-0.2, -0.15) is 0 Å². The van der Waals surface area contributed by atoms with E-state index in [2.05, 4.69) is 45.0 Å². The van der Waals surface area contributed by atoms with Crippen LogP contribution in [0, 0.1) is 0 Å². The van der Waals surface area contributed by atoms with Gasteiger partial charge < -0.3 is 4.74 Å². The Kier molecular flexibility index (Phi) is 3.80. The maximum Gasteiger partial charge on any atom is 0.330 e. The number of ether oxygens (including phenoxy) is 1. The van der Waals surface area contributed by atoms with Crippen molar-refractivity contribution in [3.8, 4) is 0 Å². The molecule has 2 aromatic carbocycles. The molecule has 3 rings (SSSR count). The van der Waals surface area contributed by atoms with Crippen LogP contribution in [0.25, 0.3) is 16.8 Å². The van der Waals surface area contributed by atoms with Gasteiger partial charge in [-0.3, -0.25) is 4.99 Å². The van der Waals surface area contributed by atoms with Crippen LogP contribution in [0.15, 0.2) is 41.4 Å². The molecule has 0 radical (unpaired) electrons. The van der Waals surface area contributed by atoms with E-state index in [1.54, 1.807) is 13.0 Å². The van der Waals surface area contributed by atoms with Gasteiger partial charge in [0.05, 0.1) is 12.3 Å². The second-order valence-electron chi connectivity index (χ2n) is 6.35. The van der Waals surface area contributed by atoms with Crippen molar-refractivity contribution >= 4 is 34.2 Å². The highest BCUT2D eigenvalue weighted by atomic mass is 16.5. The zero-order valence-electron chi connectivity index (χ0n) is 14.0. The molecule has 0 saturated heterocycles. The molecule has 1 heterocycles. The Morgan fingerprint density at radius 1 is 1.26 bits per heavy atom. The Morgan fingerprint density at radius 3 is 2.78 bits per heavy atom. The topological polar surface area (TPSA) is 38.7 Å². The number of hydrogen-bond donors (Lipinski definition) is 0. The minimum atomic E-state index is -0.313. The van der Waals surface area contributed by atoms with Crippen LogP contribution in [0.2, 0.25) is 0 Å². The van der Waals surface area contributed by atoms with E-state index in [1.165, 1.54) is 17.0 Å². The zero-order valence-corrected chi connectivity index (χ0v) is 14.0. The molecule has 0 spiro atoms. The van der Waals surface area contributed by atoms with Crippen LogP contribution in [-0.2, 0) is 14.9 Å². The average molecular weight is 307 g/mol. The van der Waals surface area contributed by atoms with E-state index in [1.807, 2.05) is 6.07 Å². The van der Waals surface area contributed by atoms with Gasteiger partial charge in [-0.05, 0) is 54.0 Å². The Bertz CT molecular complexity index is 844. The van der Waals surface area contributed by atoms with Gasteiger partial charge in [0.1, 0.15) is 0 Å². The summed E-state index contributed by atoms with van der Waals surface area (Å²) >= 11 is 0. The largest absolute Gasteiger partial charge is 0.463 e. The lowest BCUT2D eigenvalue weighted by atomic mass is 9.79. The predicted molar refractivity (Wildman–Crippen MR) is 95.4 cm³/mol. The third-order valence-corrected chi connectivity index (χ3v) is 4.54. The minimum Gasteiger partial charge on any atom is -0.463 e. The van der Waals surface area contributed by atoms with Gasteiger partial charge in [-0.1, -0.05) is 32.0 Å². The van der Waals surface area contributed by atoms with Crippen molar-refractivity contribution < 1.29 is 9.53 Å². The first-order chi connectivity index (χ1) is 10.9. The first-order valence-corrected chi connectivity index (χ1v) is 7.91. The number of nitrogens with zero attached hydrogens (tertiary/aromatic N) is 1. The monoisotopic (exact) mass is 307 g/mol. The molecule has 0 fully saturated rings. The third-order valence-electron chi connectivity index (χ3n) is 4.54. The number of carbonyl (C=O) groups excluding carboxylic acids is 1. The molecule has 0 N–H and O–H groups in total. The van der Waals surface area contributed by atoms with E-state index in [-0.39, 0.29) is 11.4 Å². The SMILES string of the molecule is CCOC(=O)/C=C/c1ccc2c3c(ccc2c1)N=C(C)C3(C)C. The standard InChI is InChI=1S/C20H21NO2/c1-5-23-18(22)11-7-14-6-9-16-15(12-14)8-10-17-19(16)20(3,4)13(2)21-17/h6-12H,5H2,1-4H3/b11-7+. The van der Waals surface area contributed by atoms with Crippen molar-refractivity contribution in [3.05, 3.63) is 47.5 Å². The summed E-state index contributed by atoms with van der Waals surface area (Å²) in [6.45, 7) is 8.70. The molecule has 1 aliphatic rings. The summed E-state index contributed by atoms with van der Waals surface area (Å²) < 4.78 is 4.91. The molecule has 2 aromatic rings. The lowest BCUT2D eigenvalue weighted by molar-refractivity contribution is -0.137. The van der Waals surface area contributed by atoms with Crippen molar-refractivity contribution in [2.75, 3.05) is 6.61 Å². The smallest absolute Gasteiger partial charge is 0.330 e. The molecule has 0 aromatic heterocycles. The molecular formula is C20H21NO2. The van der Waals surface area contributed by atoms with Gasteiger partial charge in [0.25, 0.3) is 0 Å². The summed E-state index contributed by atoms with van der Waals surface area (Å²) in [5, 5.41) is 2.38. The Labute approximate surface area is 136 Å². The predicted octanol–water partition coefficient (Wildman–Crippen LogP) is 4.80. The van der Waals surface area contributed by atoms with Gasteiger partial charge in [-0.15, -0.1) is 0 Å². The minimum absolute atomic E-state index is 0.0445. The van der Waals surface area contributed by atoms with E-state index < -0.39 is 0 Å². The van der Waals surface area contributed by atoms with Crippen molar-refractivity contribution in [3.63, 3.8) is 0 Å². The second-order valence-corrected chi connectivity index (χ2v) is 6.35. The van der Waals surface area contributed by atoms with Gasteiger partial charge >= 0.3 is 5.97 Å². The molecule has 0 aliphatic carbocycles. The maximum atomic E-state index is 11.4. The molecular weight excluding hydrogens is 286 g/mol. The number of aliphatic imine (C=N–C) groups is 1. The van der Waals surface area contributed by atoms with E-state index in [9.17, 15) is 4.79 Å². The van der Waals surface area contributed by atoms with Gasteiger partial charge in [0.2, 0.25) is 0 Å². The summed E-state index contributed by atoms with van der Waals surface area (Å²) in [6.07, 6.45) is 3.26. The summed E-state index contributed by atoms with van der Waals surface area (Å²) in [4.78, 5) is 16.1.